The first-order chi connectivity index (χ1) is 8.39. The average Bonchev–Trinajstić information content (AvgIpc) is 2.56. The second-order valence-electron chi connectivity index (χ2n) is 6.01. The van der Waals surface area contributed by atoms with Gasteiger partial charge in [-0.1, -0.05) is 23.7 Å². The number of hydrogen-bond donors (Lipinski definition) is 1. The molecule has 3 heteroatoms. The summed E-state index contributed by atoms with van der Waals surface area (Å²) in [6.45, 7) is 7.28. The molecule has 0 aliphatic carbocycles. The minimum Gasteiger partial charge on any atom is -0.359 e. The van der Waals surface area contributed by atoms with E-state index >= 15 is 0 Å². The Morgan fingerprint density at radius 1 is 1.22 bits per heavy atom. The molecule has 1 N–H and O–H groups in total. The van der Waals surface area contributed by atoms with Crippen LogP contribution >= 0.6 is 11.6 Å². The molecule has 1 heterocycles. The van der Waals surface area contributed by atoms with E-state index in [9.17, 15) is 0 Å². The SMILES string of the molecule is CC1(C)COC(C)(CCCc2ccc(Cl)cc2)N1. The van der Waals surface area contributed by atoms with Crippen molar-refractivity contribution in [2.24, 2.45) is 0 Å². The monoisotopic (exact) mass is 267 g/mol. The number of halogens is 1. The molecule has 0 saturated carbocycles. The van der Waals surface area contributed by atoms with E-state index in [4.69, 9.17) is 16.3 Å². The first-order valence-corrected chi connectivity index (χ1v) is 6.94. The van der Waals surface area contributed by atoms with Crippen molar-refractivity contribution in [3.05, 3.63) is 34.9 Å². The van der Waals surface area contributed by atoms with E-state index in [2.05, 4.69) is 38.2 Å². The van der Waals surface area contributed by atoms with Gasteiger partial charge in [-0.2, -0.15) is 0 Å². The maximum absolute atomic E-state index is 5.88. The first-order valence-electron chi connectivity index (χ1n) is 6.56. The van der Waals surface area contributed by atoms with Crippen molar-refractivity contribution in [1.29, 1.82) is 0 Å². The first kappa shape index (κ1) is 13.9. The summed E-state index contributed by atoms with van der Waals surface area (Å²) in [6, 6.07) is 8.09. The molecule has 1 saturated heterocycles. The lowest BCUT2D eigenvalue weighted by molar-refractivity contribution is -0.00217. The summed E-state index contributed by atoms with van der Waals surface area (Å²) < 4.78 is 5.88. The second kappa shape index (κ2) is 5.20. The van der Waals surface area contributed by atoms with Crippen LogP contribution < -0.4 is 5.32 Å². The minimum atomic E-state index is -0.171. The van der Waals surface area contributed by atoms with Gasteiger partial charge in [0.2, 0.25) is 0 Å². The van der Waals surface area contributed by atoms with Gasteiger partial charge in [0.1, 0.15) is 5.72 Å². The normalized spacial score (nSPS) is 26.4. The van der Waals surface area contributed by atoms with Crippen molar-refractivity contribution in [3.63, 3.8) is 0 Å². The zero-order valence-corrected chi connectivity index (χ0v) is 12.2. The number of benzene rings is 1. The fraction of sp³-hybridized carbons (Fsp3) is 0.600. The quantitative estimate of drug-likeness (QED) is 0.897. The van der Waals surface area contributed by atoms with E-state index in [-0.39, 0.29) is 11.3 Å². The van der Waals surface area contributed by atoms with Crippen LogP contribution in [-0.2, 0) is 11.2 Å². The fourth-order valence-electron chi connectivity index (χ4n) is 2.54. The van der Waals surface area contributed by atoms with Crippen LogP contribution in [0.5, 0.6) is 0 Å². The van der Waals surface area contributed by atoms with Crippen molar-refractivity contribution >= 4 is 11.6 Å². The highest BCUT2D eigenvalue weighted by molar-refractivity contribution is 6.30. The van der Waals surface area contributed by atoms with Crippen LogP contribution in [0.2, 0.25) is 5.02 Å². The van der Waals surface area contributed by atoms with Gasteiger partial charge in [0.25, 0.3) is 0 Å². The largest absolute Gasteiger partial charge is 0.359 e. The summed E-state index contributed by atoms with van der Waals surface area (Å²) in [4.78, 5) is 0. The molecule has 0 amide bonds. The molecule has 100 valence electrons. The predicted octanol–water partition coefficient (Wildman–Crippen LogP) is 3.78. The Bertz CT molecular complexity index is 401. The summed E-state index contributed by atoms with van der Waals surface area (Å²) in [5, 5.41) is 4.36. The molecule has 1 aliphatic heterocycles. The Morgan fingerprint density at radius 2 is 1.89 bits per heavy atom. The van der Waals surface area contributed by atoms with Gasteiger partial charge in [-0.05, 0) is 57.7 Å². The van der Waals surface area contributed by atoms with Crippen molar-refractivity contribution in [2.45, 2.75) is 51.3 Å². The molecular formula is C15H22ClNO. The van der Waals surface area contributed by atoms with E-state index in [1.54, 1.807) is 0 Å². The zero-order valence-electron chi connectivity index (χ0n) is 11.4. The van der Waals surface area contributed by atoms with E-state index < -0.39 is 0 Å². The number of nitrogens with one attached hydrogen (secondary N) is 1. The van der Waals surface area contributed by atoms with Crippen LogP contribution in [0.15, 0.2) is 24.3 Å². The van der Waals surface area contributed by atoms with Gasteiger partial charge in [0, 0.05) is 10.6 Å². The number of hydrogen-bond acceptors (Lipinski definition) is 2. The average molecular weight is 268 g/mol. The molecule has 2 rings (SSSR count). The van der Waals surface area contributed by atoms with Gasteiger partial charge in [-0.25, -0.2) is 0 Å². The van der Waals surface area contributed by atoms with Gasteiger partial charge in [0.15, 0.2) is 0 Å². The van der Waals surface area contributed by atoms with E-state index in [1.807, 2.05) is 12.1 Å². The van der Waals surface area contributed by atoms with Crippen LogP contribution in [0, 0.1) is 0 Å². The molecule has 18 heavy (non-hydrogen) atoms. The standard InChI is InChI=1S/C15H22ClNO/c1-14(2)11-18-15(3,17-14)10-4-5-12-6-8-13(16)9-7-12/h6-9,17H,4-5,10-11H2,1-3H3. The molecule has 2 nitrogen and oxygen atoms in total. The van der Waals surface area contributed by atoms with E-state index in [0.29, 0.717) is 0 Å². The third-order valence-electron chi connectivity index (χ3n) is 3.39. The fourth-order valence-corrected chi connectivity index (χ4v) is 2.67. The summed E-state index contributed by atoms with van der Waals surface area (Å²) in [5.74, 6) is 0. The highest BCUT2D eigenvalue weighted by atomic mass is 35.5. The van der Waals surface area contributed by atoms with Gasteiger partial charge in [-0.15, -0.1) is 0 Å². The Morgan fingerprint density at radius 3 is 2.44 bits per heavy atom. The number of rotatable bonds is 4. The van der Waals surface area contributed by atoms with Crippen molar-refractivity contribution < 1.29 is 4.74 Å². The second-order valence-corrected chi connectivity index (χ2v) is 6.44. The van der Waals surface area contributed by atoms with Crippen LogP contribution in [0.25, 0.3) is 0 Å². The highest BCUT2D eigenvalue weighted by Gasteiger charge is 2.39. The van der Waals surface area contributed by atoms with Crippen molar-refractivity contribution in [2.75, 3.05) is 6.61 Å². The molecule has 1 fully saturated rings. The number of aryl methyl sites for hydroxylation is 1. The summed E-state index contributed by atoms with van der Waals surface area (Å²) in [5.41, 5.74) is 1.26. The third kappa shape index (κ3) is 3.71. The molecule has 0 bridgehead atoms. The lowest BCUT2D eigenvalue weighted by Crippen LogP contribution is -2.46. The molecule has 1 atom stereocenters. The molecule has 1 aromatic rings. The molecular weight excluding hydrogens is 246 g/mol. The molecule has 1 aliphatic rings. The van der Waals surface area contributed by atoms with Gasteiger partial charge in [-0.3, -0.25) is 5.32 Å². The maximum atomic E-state index is 5.88. The Kier molecular flexibility index (Phi) is 4.00. The Hall–Kier alpha value is -0.570. The highest BCUT2D eigenvalue weighted by Crippen LogP contribution is 2.27. The maximum Gasteiger partial charge on any atom is 0.116 e. The van der Waals surface area contributed by atoms with Gasteiger partial charge < -0.3 is 4.74 Å². The zero-order chi connectivity index (χ0) is 13.2. The number of ether oxygens (including phenoxy) is 1. The van der Waals surface area contributed by atoms with Crippen LogP contribution in [0.1, 0.15) is 39.2 Å². The van der Waals surface area contributed by atoms with Crippen LogP contribution in [0.4, 0.5) is 0 Å². The van der Waals surface area contributed by atoms with Gasteiger partial charge >= 0.3 is 0 Å². The Balaban J connectivity index is 1.80. The predicted molar refractivity (Wildman–Crippen MR) is 76.0 cm³/mol. The summed E-state index contributed by atoms with van der Waals surface area (Å²) >= 11 is 5.87. The lowest BCUT2D eigenvalue weighted by Gasteiger charge is -2.26. The van der Waals surface area contributed by atoms with Crippen LogP contribution in [0.3, 0.4) is 0 Å². The molecule has 0 radical (unpaired) electrons. The molecule has 1 aromatic carbocycles. The molecule has 0 spiro atoms. The molecule has 0 aromatic heterocycles. The summed E-state index contributed by atoms with van der Waals surface area (Å²) in [6.07, 6.45) is 3.21. The summed E-state index contributed by atoms with van der Waals surface area (Å²) in [7, 11) is 0. The van der Waals surface area contributed by atoms with Crippen LogP contribution in [-0.4, -0.2) is 17.9 Å². The third-order valence-corrected chi connectivity index (χ3v) is 3.64. The Labute approximate surface area is 115 Å². The minimum absolute atomic E-state index is 0.0923. The van der Waals surface area contributed by atoms with Crippen molar-refractivity contribution in [1.82, 2.24) is 5.32 Å². The van der Waals surface area contributed by atoms with Crippen molar-refractivity contribution in [3.8, 4) is 0 Å². The van der Waals surface area contributed by atoms with E-state index in [0.717, 1.165) is 30.9 Å². The topological polar surface area (TPSA) is 21.3 Å². The van der Waals surface area contributed by atoms with E-state index in [1.165, 1.54) is 5.56 Å². The van der Waals surface area contributed by atoms with Gasteiger partial charge in [0.05, 0.1) is 6.61 Å². The smallest absolute Gasteiger partial charge is 0.116 e. The molecule has 1 unspecified atom stereocenters. The lowest BCUT2D eigenvalue weighted by atomic mass is 10.0.